The van der Waals surface area contributed by atoms with Gasteiger partial charge in [0.05, 0.1) is 0 Å². The van der Waals surface area contributed by atoms with E-state index in [1.807, 2.05) is 18.3 Å². The maximum absolute atomic E-state index is 12.0. The molecule has 1 aliphatic rings. The third kappa shape index (κ3) is 5.73. The lowest BCUT2D eigenvalue weighted by atomic mass is 10.2. The van der Waals surface area contributed by atoms with Gasteiger partial charge in [0.1, 0.15) is 5.82 Å². The van der Waals surface area contributed by atoms with E-state index in [2.05, 4.69) is 32.5 Å². The second-order valence-electron chi connectivity index (χ2n) is 6.59. The van der Waals surface area contributed by atoms with Crippen LogP contribution in [0.25, 0.3) is 0 Å². The van der Waals surface area contributed by atoms with Crippen molar-refractivity contribution in [1.29, 1.82) is 0 Å². The number of nitrogens with zero attached hydrogens (tertiary/aromatic N) is 3. The zero-order valence-corrected chi connectivity index (χ0v) is 16.7. The average Bonchev–Trinajstić information content (AvgIpc) is 2.67. The smallest absolute Gasteiger partial charge is 0.315 e. The predicted octanol–water partition coefficient (Wildman–Crippen LogP) is 3.14. The highest BCUT2D eigenvalue weighted by Gasteiger charge is 2.15. The highest BCUT2D eigenvalue weighted by atomic mass is 35.5. The molecule has 27 heavy (non-hydrogen) atoms. The van der Waals surface area contributed by atoms with Crippen molar-refractivity contribution in [3.05, 3.63) is 57.7 Å². The molecule has 0 bridgehead atoms. The topological polar surface area (TPSA) is 60.5 Å². The van der Waals surface area contributed by atoms with Crippen molar-refractivity contribution in [1.82, 2.24) is 20.5 Å². The normalized spacial score (nSPS) is 14.9. The van der Waals surface area contributed by atoms with Crippen molar-refractivity contribution in [3.8, 4) is 0 Å². The molecule has 1 aromatic heterocycles. The molecule has 2 amide bonds. The summed E-state index contributed by atoms with van der Waals surface area (Å²) < 4.78 is 0. The molecule has 0 unspecified atom stereocenters. The fourth-order valence-corrected chi connectivity index (χ4v) is 3.30. The fraction of sp³-hybridized carbons (Fsp3) is 0.368. The summed E-state index contributed by atoms with van der Waals surface area (Å²) in [6, 6.07) is 8.95. The highest BCUT2D eigenvalue weighted by molar-refractivity contribution is 6.35. The van der Waals surface area contributed by atoms with E-state index in [-0.39, 0.29) is 6.03 Å². The molecule has 2 N–H and O–H groups in total. The number of benzene rings is 1. The lowest BCUT2D eigenvalue weighted by Crippen LogP contribution is -2.44. The Morgan fingerprint density at radius 3 is 2.48 bits per heavy atom. The van der Waals surface area contributed by atoms with Crippen LogP contribution < -0.4 is 15.5 Å². The quantitative estimate of drug-likeness (QED) is 0.798. The lowest BCUT2D eigenvalue weighted by molar-refractivity contribution is 0.240. The number of carbonyl (C=O) groups excluding carboxylic acids is 1. The minimum Gasteiger partial charge on any atom is -0.354 e. The van der Waals surface area contributed by atoms with Gasteiger partial charge in [0.2, 0.25) is 0 Å². The SMILES string of the molecule is CN1CCN(c2ccc(CNC(=O)NCc3ccc(Cl)cc3Cl)cn2)CC1. The van der Waals surface area contributed by atoms with Crippen LogP contribution in [0.3, 0.4) is 0 Å². The van der Waals surface area contributed by atoms with E-state index in [9.17, 15) is 4.79 Å². The van der Waals surface area contributed by atoms with Gasteiger partial charge in [-0.2, -0.15) is 0 Å². The largest absolute Gasteiger partial charge is 0.354 e. The van der Waals surface area contributed by atoms with E-state index < -0.39 is 0 Å². The van der Waals surface area contributed by atoms with Gasteiger partial charge in [-0.05, 0) is 36.4 Å². The summed E-state index contributed by atoms with van der Waals surface area (Å²) in [6.07, 6.45) is 1.81. The minimum atomic E-state index is -0.260. The zero-order valence-electron chi connectivity index (χ0n) is 15.2. The van der Waals surface area contributed by atoms with Crippen molar-refractivity contribution in [2.75, 3.05) is 38.1 Å². The molecule has 3 rings (SSSR count). The fourth-order valence-electron chi connectivity index (χ4n) is 2.83. The Balaban J connectivity index is 1.44. The van der Waals surface area contributed by atoms with Crippen LogP contribution >= 0.6 is 23.2 Å². The second kappa shape index (κ2) is 9.26. The molecule has 0 atom stereocenters. The molecule has 2 heterocycles. The van der Waals surface area contributed by atoms with Crippen molar-refractivity contribution in [2.45, 2.75) is 13.1 Å². The van der Waals surface area contributed by atoms with Gasteiger partial charge in [-0.3, -0.25) is 0 Å². The van der Waals surface area contributed by atoms with Crippen LogP contribution in [-0.4, -0.2) is 49.1 Å². The Morgan fingerprint density at radius 1 is 1.07 bits per heavy atom. The van der Waals surface area contributed by atoms with Crippen LogP contribution in [0.15, 0.2) is 36.5 Å². The molecule has 0 aliphatic carbocycles. The number of amides is 2. The maximum Gasteiger partial charge on any atom is 0.315 e. The van der Waals surface area contributed by atoms with E-state index in [1.165, 1.54) is 0 Å². The summed E-state index contributed by atoms with van der Waals surface area (Å²) in [5.41, 5.74) is 1.77. The second-order valence-corrected chi connectivity index (χ2v) is 7.43. The van der Waals surface area contributed by atoms with Crippen molar-refractivity contribution >= 4 is 35.1 Å². The molecule has 2 aromatic rings. The number of likely N-dealkylation sites (N-methyl/N-ethyl adjacent to an activating group) is 1. The summed E-state index contributed by atoms with van der Waals surface area (Å²) in [5, 5.41) is 6.72. The average molecular weight is 408 g/mol. The van der Waals surface area contributed by atoms with Gasteiger partial charge in [-0.25, -0.2) is 9.78 Å². The van der Waals surface area contributed by atoms with E-state index in [4.69, 9.17) is 23.2 Å². The monoisotopic (exact) mass is 407 g/mol. The predicted molar refractivity (Wildman–Crippen MR) is 109 cm³/mol. The Hall–Kier alpha value is -2.02. The standard InChI is InChI=1S/C19H23Cl2N5O/c1-25-6-8-26(9-7-25)18-5-2-14(11-22-18)12-23-19(27)24-13-15-3-4-16(20)10-17(15)21/h2-5,10-11H,6-9,12-13H2,1H3,(H2,23,24,27). The molecular weight excluding hydrogens is 385 g/mol. The van der Waals surface area contributed by atoms with Gasteiger partial charge in [0.25, 0.3) is 0 Å². The molecule has 0 spiro atoms. The van der Waals surface area contributed by atoms with Crippen LogP contribution in [-0.2, 0) is 13.1 Å². The van der Waals surface area contributed by atoms with Gasteiger partial charge in [-0.15, -0.1) is 0 Å². The molecule has 1 saturated heterocycles. The first-order chi connectivity index (χ1) is 13.0. The van der Waals surface area contributed by atoms with Crippen LogP contribution in [0, 0.1) is 0 Å². The van der Waals surface area contributed by atoms with Crippen LogP contribution in [0.1, 0.15) is 11.1 Å². The molecule has 1 fully saturated rings. The van der Waals surface area contributed by atoms with Gasteiger partial charge >= 0.3 is 6.03 Å². The molecule has 1 aromatic carbocycles. The van der Waals surface area contributed by atoms with Crippen molar-refractivity contribution < 1.29 is 4.79 Å². The Bertz CT molecular complexity index is 776. The van der Waals surface area contributed by atoms with Crippen LogP contribution in [0.4, 0.5) is 10.6 Å². The molecule has 0 radical (unpaired) electrons. The molecule has 6 nitrogen and oxygen atoms in total. The Labute approximate surface area is 169 Å². The number of hydrogen-bond acceptors (Lipinski definition) is 4. The van der Waals surface area contributed by atoms with Gasteiger partial charge < -0.3 is 20.4 Å². The summed E-state index contributed by atoms with van der Waals surface area (Å²) >= 11 is 12.0. The molecular formula is C19H23Cl2N5O. The van der Waals surface area contributed by atoms with Crippen molar-refractivity contribution in [3.63, 3.8) is 0 Å². The third-order valence-corrected chi connectivity index (χ3v) is 5.13. The first-order valence-electron chi connectivity index (χ1n) is 8.85. The van der Waals surface area contributed by atoms with Crippen LogP contribution in [0.2, 0.25) is 10.0 Å². The first-order valence-corrected chi connectivity index (χ1v) is 9.61. The number of urea groups is 1. The van der Waals surface area contributed by atoms with E-state index >= 15 is 0 Å². The minimum absolute atomic E-state index is 0.260. The summed E-state index contributed by atoms with van der Waals surface area (Å²) in [7, 11) is 2.13. The third-order valence-electron chi connectivity index (χ3n) is 4.54. The summed E-state index contributed by atoms with van der Waals surface area (Å²) in [6.45, 7) is 4.80. The number of anilines is 1. The Morgan fingerprint density at radius 2 is 1.81 bits per heavy atom. The first kappa shape index (κ1) is 19.7. The molecule has 1 aliphatic heterocycles. The summed E-state index contributed by atoms with van der Waals surface area (Å²) in [5.74, 6) is 0.980. The maximum atomic E-state index is 12.0. The van der Waals surface area contributed by atoms with Gasteiger partial charge in [-0.1, -0.05) is 35.3 Å². The van der Waals surface area contributed by atoms with E-state index in [0.29, 0.717) is 23.1 Å². The molecule has 8 heteroatoms. The Kier molecular flexibility index (Phi) is 6.77. The van der Waals surface area contributed by atoms with Gasteiger partial charge in [0, 0.05) is 55.5 Å². The molecule has 144 valence electrons. The van der Waals surface area contributed by atoms with E-state index in [0.717, 1.165) is 43.1 Å². The number of halogens is 2. The number of carbonyl (C=O) groups is 1. The number of nitrogens with one attached hydrogen (secondary N) is 2. The summed E-state index contributed by atoms with van der Waals surface area (Å²) in [4.78, 5) is 21.1. The van der Waals surface area contributed by atoms with Crippen molar-refractivity contribution in [2.24, 2.45) is 0 Å². The number of aromatic nitrogens is 1. The molecule has 0 saturated carbocycles. The van der Waals surface area contributed by atoms with Gasteiger partial charge in [0.15, 0.2) is 0 Å². The number of pyridine rings is 1. The zero-order chi connectivity index (χ0) is 19.2. The lowest BCUT2D eigenvalue weighted by Gasteiger charge is -2.33. The van der Waals surface area contributed by atoms with E-state index in [1.54, 1.807) is 18.2 Å². The number of hydrogen-bond donors (Lipinski definition) is 2. The van der Waals surface area contributed by atoms with Crippen LogP contribution in [0.5, 0.6) is 0 Å². The number of piperazine rings is 1. The highest BCUT2D eigenvalue weighted by Crippen LogP contribution is 2.20. The number of rotatable bonds is 5.